The summed E-state index contributed by atoms with van der Waals surface area (Å²) in [6.45, 7) is 4.03. The van der Waals surface area contributed by atoms with Crippen LogP contribution in [0.15, 0.2) is 0 Å². The van der Waals surface area contributed by atoms with E-state index in [0.717, 1.165) is 31.2 Å². The van der Waals surface area contributed by atoms with Gasteiger partial charge in [-0.15, -0.1) is 24.8 Å². The molecule has 1 saturated carbocycles. The summed E-state index contributed by atoms with van der Waals surface area (Å²) in [6, 6.07) is 0.594. The summed E-state index contributed by atoms with van der Waals surface area (Å²) in [4.78, 5) is 19.1. The van der Waals surface area contributed by atoms with Gasteiger partial charge in [0.1, 0.15) is 11.6 Å². The van der Waals surface area contributed by atoms with Gasteiger partial charge in [0.05, 0.1) is 19.1 Å². The van der Waals surface area contributed by atoms with E-state index in [0.29, 0.717) is 18.5 Å². The first kappa shape index (κ1) is 18.5. The predicted molar refractivity (Wildman–Crippen MR) is 92.0 cm³/mol. The largest absolute Gasteiger partial charge is 0.332 e. The molecule has 130 valence electrons. The molecule has 1 N–H and O–H groups in total. The number of carbonyl (C=O) groups is 1. The molecule has 0 spiro atoms. The molecule has 2 fully saturated rings. The Labute approximate surface area is 149 Å². The zero-order chi connectivity index (χ0) is 14.4. The molecule has 4 rings (SSSR count). The van der Waals surface area contributed by atoms with Crippen molar-refractivity contribution in [3.63, 3.8) is 0 Å². The van der Waals surface area contributed by atoms with Crippen LogP contribution in [0.25, 0.3) is 0 Å². The molecule has 6 nitrogen and oxygen atoms in total. The number of fused-ring (bicyclic) bond motifs is 2. The van der Waals surface area contributed by atoms with E-state index in [1.807, 2.05) is 16.5 Å². The lowest BCUT2D eigenvalue weighted by Crippen LogP contribution is -2.48. The van der Waals surface area contributed by atoms with Gasteiger partial charge in [-0.25, -0.2) is 9.67 Å². The van der Waals surface area contributed by atoms with Gasteiger partial charge in [-0.3, -0.25) is 4.79 Å². The summed E-state index contributed by atoms with van der Waals surface area (Å²) in [5, 5.41) is 7.94. The normalized spacial score (nSPS) is 29.1. The van der Waals surface area contributed by atoms with E-state index < -0.39 is 0 Å². The van der Waals surface area contributed by atoms with E-state index >= 15 is 0 Å². The third-order valence-corrected chi connectivity index (χ3v) is 5.24. The second kappa shape index (κ2) is 7.36. The Bertz CT molecular complexity index is 550. The molecule has 8 heteroatoms. The molecule has 23 heavy (non-hydrogen) atoms. The topological polar surface area (TPSA) is 63.1 Å². The lowest BCUT2D eigenvalue weighted by molar-refractivity contribution is -0.134. The molecule has 3 unspecified atom stereocenters. The Morgan fingerprint density at radius 3 is 2.78 bits per heavy atom. The standard InChI is InChI=1S/C15H23N5O.2ClH/c1-10-16-14-9-19(6-7-20(14)18-10)15(21)13-8-11-4-2-3-5-12(11)17-13;;/h11-13,17H,2-9H2,1H3;2*1H. The van der Waals surface area contributed by atoms with Crippen LogP contribution in [0.3, 0.4) is 0 Å². The highest BCUT2D eigenvalue weighted by Gasteiger charge is 2.40. The van der Waals surface area contributed by atoms with Gasteiger partial charge < -0.3 is 10.2 Å². The summed E-state index contributed by atoms with van der Waals surface area (Å²) in [5.74, 6) is 2.69. The molecule has 1 aliphatic carbocycles. The van der Waals surface area contributed by atoms with Crippen LogP contribution >= 0.6 is 24.8 Å². The van der Waals surface area contributed by atoms with Crippen molar-refractivity contribution in [2.75, 3.05) is 6.54 Å². The minimum atomic E-state index is 0. The fourth-order valence-corrected chi connectivity index (χ4v) is 4.18. The maximum absolute atomic E-state index is 12.8. The van der Waals surface area contributed by atoms with Gasteiger partial charge in [0.25, 0.3) is 0 Å². The van der Waals surface area contributed by atoms with Crippen LogP contribution in [-0.2, 0) is 17.9 Å². The Morgan fingerprint density at radius 1 is 1.22 bits per heavy atom. The highest BCUT2D eigenvalue weighted by Crippen LogP contribution is 2.33. The van der Waals surface area contributed by atoms with Crippen molar-refractivity contribution in [2.45, 2.75) is 64.2 Å². The van der Waals surface area contributed by atoms with Crippen LogP contribution in [0.1, 0.15) is 43.8 Å². The fourth-order valence-electron chi connectivity index (χ4n) is 4.18. The Morgan fingerprint density at radius 2 is 2.00 bits per heavy atom. The average molecular weight is 362 g/mol. The van der Waals surface area contributed by atoms with Crippen LogP contribution in [0, 0.1) is 12.8 Å². The van der Waals surface area contributed by atoms with Crippen molar-refractivity contribution in [3.8, 4) is 0 Å². The van der Waals surface area contributed by atoms with E-state index in [1.165, 1.54) is 25.7 Å². The van der Waals surface area contributed by atoms with Crippen molar-refractivity contribution < 1.29 is 4.79 Å². The molecule has 1 amide bonds. The molecule has 0 radical (unpaired) electrons. The number of halogens is 2. The summed E-state index contributed by atoms with van der Waals surface area (Å²) >= 11 is 0. The molecule has 0 bridgehead atoms. The highest BCUT2D eigenvalue weighted by atomic mass is 35.5. The lowest BCUT2D eigenvalue weighted by Gasteiger charge is -2.29. The van der Waals surface area contributed by atoms with Crippen LogP contribution < -0.4 is 5.32 Å². The van der Waals surface area contributed by atoms with Gasteiger partial charge in [-0.05, 0) is 32.1 Å². The van der Waals surface area contributed by atoms with Crippen LogP contribution in [0.4, 0.5) is 0 Å². The van der Waals surface area contributed by atoms with Gasteiger partial charge >= 0.3 is 0 Å². The average Bonchev–Trinajstić information content (AvgIpc) is 3.07. The molecular weight excluding hydrogens is 337 g/mol. The first-order chi connectivity index (χ1) is 10.2. The van der Waals surface area contributed by atoms with Crippen molar-refractivity contribution >= 4 is 30.7 Å². The number of hydrogen-bond acceptors (Lipinski definition) is 4. The highest BCUT2D eigenvalue weighted by molar-refractivity contribution is 5.85. The molecule has 3 atom stereocenters. The molecule has 3 heterocycles. The third-order valence-electron chi connectivity index (χ3n) is 5.24. The second-order valence-electron chi connectivity index (χ2n) is 6.66. The number of aryl methyl sites for hydroxylation is 1. The van der Waals surface area contributed by atoms with Crippen molar-refractivity contribution in [1.29, 1.82) is 0 Å². The molecular formula is C15H25Cl2N5O. The quantitative estimate of drug-likeness (QED) is 0.826. The lowest BCUT2D eigenvalue weighted by atomic mass is 9.85. The van der Waals surface area contributed by atoms with E-state index in [9.17, 15) is 4.79 Å². The first-order valence-corrected chi connectivity index (χ1v) is 8.16. The Hall–Kier alpha value is -0.850. The van der Waals surface area contributed by atoms with Gasteiger partial charge in [-0.1, -0.05) is 12.8 Å². The van der Waals surface area contributed by atoms with E-state index in [1.54, 1.807) is 0 Å². The summed E-state index contributed by atoms with van der Waals surface area (Å²) in [7, 11) is 0. The summed E-state index contributed by atoms with van der Waals surface area (Å²) in [6.07, 6.45) is 6.18. The summed E-state index contributed by atoms with van der Waals surface area (Å²) in [5.41, 5.74) is 0. The number of carbonyl (C=O) groups excluding carboxylic acids is 1. The van der Waals surface area contributed by atoms with Crippen LogP contribution in [0.2, 0.25) is 0 Å². The van der Waals surface area contributed by atoms with E-state index in [2.05, 4.69) is 15.4 Å². The zero-order valence-electron chi connectivity index (χ0n) is 13.4. The van der Waals surface area contributed by atoms with Crippen molar-refractivity contribution in [1.82, 2.24) is 25.0 Å². The van der Waals surface area contributed by atoms with Crippen LogP contribution in [0.5, 0.6) is 0 Å². The molecule has 3 aliphatic rings. The Balaban J connectivity index is 0.000000960. The molecule has 1 saturated heterocycles. The number of nitrogens with one attached hydrogen (secondary N) is 1. The van der Waals surface area contributed by atoms with Crippen molar-refractivity contribution in [3.05, 3.63) is 11.6 Å². The molecule has 1 aromatic heterocycles. The second-order valence-corrected chi connectivity index (χ2v) is 6.66. The number of aromatic nitrogens is 3. The summed E-state index contributed by atoms with van der Waals surface area (Å²) < 4.78 is 1.93. The number of hydrogen-bond donors (Lipinski definition) is 1. The minimum absolute atomic E-state index is 0. The number of amides is 1. The van der Waals surface area contributed by atoms with E-state index in [-0.39, 0.29) is 36.8 Å². The van der Waals surface area contributed by atoms with Crippen molar-refractivity contribution in [2.24, 2.45) is 5.92 Å². The number of rotatable bonds is 1. The smallest absolute Gasteiger partial charge is 0.240 e. The predicted octanol–water partition coefficient (Wildman–Crippen LogP) is 1.69. The SMILES string of the molecule is Cc1nc2n(n1)CCN(C(=O)C1CC3CCCCC3N1)C2.Cl.Cl. The van der Waals surface area contributed by atoms with Gasteiger partial charge in [0, 0.05) is 12.6 Å². The van der Waals surface area contributed by atoms with Gasteiger partial charge in [0.2, 0.25) is 5.91 Å². The first-order valence-electron chi connectivity index (χ1n) is 8.16. The van der Waals surface area contributed by atoms with Gasteiger partial charge in [0.15, 0.2) is 0 Å². The number of nitrogens with zero attached hydrogens (tertiary/aromatic N) is 4. The van der Waals surface area contributed by atoms with Crippen LogP contribution in [-0.4, -0.2) is 44.2 Å². The molecule has 2 aliphatic heterocycles. The zero-order valence-corrected chi connectivity index (χ0v) is 15.0. The van der Waals surface area contributed by atoms with E-state index in [4.69, 9.17) is 0 Å². The third kappa shape index (κ3) is 3.49. The monoisotopic (exact) mass is 361 g/mol. The molecule has 0 aromatic carbocycles. The Kier molecular flexibility index (Phi) is 5.92. The molecule has 1 aromatic rings. The maximum atomic E-state index is 12.8. The maximum Gasteiger partial charge on any atom is 0.240 e. The minimum Gasteiger partial charge on any atom is -0.332 e. The van der Waals surface area contributed by atoms with Gasteiger partial charge in [-0.2, -0.15) is 5.10 Å². The fraction of sp³-hybridized carbons (Fsp3) is 0.800.